The zero-order chi connectivity index (χ0) is 34.4. The van der Waals surface area contributed by atoms with Crippen molar-refractivity contribution in [2.75, 3.05) is 26.2 Å². The number of carbonyl (C=O) groups is 6. The van der Waals surface area contributed by atoms with E-state index in [-0.39, 0.29) is 40.5 Å². The number of hydrogen-bond donors (Lipinski definition) is 5. The molecule has 2 saturated carbocycles. The molecule has 46 heavy (non-hydrogen) atoms. The van der Waals surface area contributed by atoms with E-state index in [0.29, 0.717) is 32.6 Å². The van der Waals surface area contributed by atoms with E-state index in [4.69, 9.17) is 5.73 Å². The molecule has 1 unspecified atom stereocenters. The summed E-state index contributed by atoms with van der Waals surface area (Å²) in [5.74, 6) is -2.59. The highest BCUT2D eigenvalue weighted by Crippen LogP contribution is 2.65. The molecule has 0 aromatic carbocycles. The van der Waals surface area contributed by atoms with Crippen LogP contribution in [0.4, 0.5) is 9.59 Å². The van der Waals surface area contributed by atoms with Crippen LogP contribution in [0.5, 0.6) is 0 Å². The standard InChI is InChI=1S/C33H55N7O6/c1-31(2,3)21(17-39-14-10-13-35-30(39)46)37-29(45)38-25(32(4,5)6)28(44)40-16-19-22(33(19,7)8)23(40)27(43)36-20(24(41)26(34)42)15-18-11-9-12-18/h18-23,25H,9-17H2,1-8H3,(H2,34,42)(H,35,46)(H,36,43)(H2,37,38,45)/t19-,20?,21+,22-,23-,25+/m0/s1. The molecule has 258 valence electrons. The van der Waals surface area contributed by atoms with Crippen LogP contribution in [0.25, 0.3) is 0 Å². The summed E-state index contributed by atoms with van der Waals surface area (Å²) in [5, 5.41) is 11.6. The number of hydrogen-bond acceptors (Lipinski definition) is 6. The molecule has 4 fully saturated rings. The van der Waals surface area contributed by atoms with Crippen molar-refractivity contribution in [3.8, 4) is 0 Å². The third-order valence-corrected chi connectivity index (χ3v) is 10.7. The SMILES string of the molecule is CC(C)(C)[C@H](NC(=O)N[C@H](CN1CCCNC1=O)C(C)(C)C)C(=O)N1C[C@H]2[C@@H]([C@H]1C(=O)NC(CC1CCC1)C(=O)C(N)=O)C2(C)C. The predicted octanol–water partition coefficient (Wildman–Crippen LogP) is 1.74. The van der Waals surface area contributed by atoms with Gasteiger partial charge in [0.25, 0.3) is 5.91 Å². The third-order valence-electron chi connectivity index (χ3n) is 10.7. The minimum absolute atomic E-state index is 0.0829. The van der Waals surface area contributed by atoms with E-state index in [2.05, 4.69) is 35.1 Å². The first-order valence-electron chi connectivity index (χ1n) is 16.8. The topological polar surface area (TPSA) is 183 Å². The number of urea groups is 2. The molecule has 0 spiro atoms. The molecular weight excluding hydrogens is 590 g/mol. The van der Waals surface area contributed by atoms with Gasteiger partial charge in [-0.1, -0.05) is 74.7 Å². The Morgan fingerprint density at radius 2 is 1.63 bits per heavy atom. The summed E-state index contributed by atoms with van der Waals surface area (Å²) in [6, 6.07) is -3.97. The summed E-state index contributed by atoms with van der Waals surface area (Å²) < 4.78 is 0. The number of nitrogens with zero attached hydrogens (tertiary/aromatic N) is 2. The van der Waals surface area contributed by atoms with Crippen molar-refractivity contribution in [3.05, 3.63) is 0 Å². The number of ketones is 1. The second-order valence-electron chi connectivity index (χ2n) is 16.6. The lowest BCUT2D eigenvalue weighted by Gasteiger charge is -2.40. The van der Waals surface area contributed by atoms with Gasteiger partial charge < -0.3 is 36.8 Å². The van der Waals surface area contributed by atoms with Gasteiger partial charge in [-0.15, -0.1) is 0 Å². The number of nitrogens with one attached hydrogen (secondary N) is 4. The van der Waals surface area contributed by atoms with Gasteiger partial charge in [0.1, 0.15) is 12.1 Å². The predicted molar refractivity (Wildman–Crippen MR) is 172 cm³/mol. The minimum atomic E-state index is -1.09. The Kier molecular flexibility index (Phi) is 10.0. The number of Topliss-reactive ketones (excluding diaryl/α,β-unsaturated/α-hetero) is 1. The van der Waals surface area contributed by atoms with Crippen molar-refractivity contribution < 1.29 is 28.8 Å². The lowest BCUT2D eigenvalue weighted by Crippen LogP contribution is -2.63. The van der Waals surface area contributed by atoms with E-state index in [0.717, 1.165) is 25.7 Å². The Morgan fingerprint density at radius 1 is 0.978 bits per heavy atom. The van der Waals surface area contributed by atoms with Gasteiger partial charge in [-0.25, -0.2) is 9.59 Å². The number of rotatable bonds is 11. The van der Waals surface area contributed by atoms with Crippen LogP contribution in [0.2, 0.25) is 0 Å². The van der Waals surface area contributed by atoms with Gasteiger partial charge in [0, 0.05) is 26.2 Å². The Labute approximate surface area is 272 Å². The highest BCUT2D eigenvalue weighted by atomic mass is 16.2. The van der Waals surface area contributed by atoms with E-state index in [1.807, 2.05) is 41.5 Å². The zero-order valence-electron chi connectivity index (χ0n) is 28.8. The smallest absolute Gasteiger partial charge is 0.317 e. The van der Waals surface area contributed by atoms with Crippen LogP contribution >= 0.6 is 0 Å². The van der Waals surface area contributed by atoms with Gasteiger partial charge in [0.15, 0.2) is 0 Å². The molecule has 7 amide bonds. The van der Waals surface area contributed by atoms with Gasteiger partial charge in [-0.3, -0.25) is 19.2 Å². The van der Waals surface area contributed by atoms with E-state index >= 15 is 0 Å². The first-order valence-corrected chi connectivity index (χ1v) is 16.8. The van der Waals surface area contributed by atoms with Crippen LogP contribution < -0.4 is 27.0 Å². The van der Waals surface area contributed by atoms with Gasteiger partial charge in [-0.2, -0.15) is 0 Å². The molecule has 2 aliphatic heterocycles. The molecule has 2 heterocycles. The summed E-state index contributed by atoms with van der Waals surface area (Å²) in [7, 11) is 0. The molecule has 6 N–H and O–H groups in total. The molecule has 4 rings (SSSR count). The largest absolute Gasteiger partial charge is 0.363 e. The van der Waals surface area contributed by atoms with Crippen LogP contribution in [0, 0.1) is 34.0 Å². The van der Waals surface area contributed by atoms with Gasteiger partial charge in [0.2, 0.25) is 17.6 Å². The molecule has 6 atom stereocenters. The third kappa shape index (κ3) is 7.60. The highest BCUT2D eigenvalue weighted by Gasteiger charge is 2.70. The summed E-state index contributed by atoms with van der Waals surface area (Å²) in [6.07, 6.45) is 4.04. The molecule has 2 aliphatic carbocycles. The fourth-order valence-electron chi connectivity index (χ4n) is 7.29. The van der Waals surface area contributed by atoms with Crippen molar-refractivity contribution in [1.82, 2.24) is 31.1 Å². The fourth-order valence-corrected chi connectivity index (χ4v) is 7.29. The first kappa shape index (κ1) is 35.5. The quantitative estimate of drug-likeness (QED) is 0.213. The second kappa shape index (κ2) is 13.0. The average molecular weight is 646 g/mol. The Morgan fingerprint density at radius 3 is 2.15 bits per heavy atom. The Hall–Kier alpha value is -3.38. The molecule has 0 aromatic heterocycles. The number of likely N-dealkylation sites (tertiary alicyclic amines) is 1. The summed E-state index contributed by atoms with van der Waals surface area (Å²) >= 11 is 0. The fraction of sp³-hybridized carbons (Fsp3) is 0.818. The van der Waals surface area contributed by atoms with Gasteiger partial charge in [-0.05, 0) is 46.8 Å². The number of carbonyl (C=O) groups excluding carboxylic acids is 6. The van der Waals surface area contributed by atoms with Crippen molar-refractivity contribution in [2.45, 2.75) is 112 Å². The number of piperidine rings is 1. The Bertz CT molecular complexity index is 1230. The van der Waals surface area contributed by atoms with E-state index in [1.165, 1.54) is 0 Å². The molecule has 4 aliphatic rings. The lowest BCUT2D eigenvalue weighted by molar-refractivity contribution is -0.145. The van der Waals surface area contributed by atoms with Crippen LogP contribution in [-0.4, -0.2) is 95.7 Å². The minimum Gasteiger partial charge on any atom is -0.363 e. The molecule has 0 radical (unpaired) electrons. The number of nitrogens with two attached hydrogens (primary N) is 1. The molecule has 0 aromatic rings. The van der Waals surface area contributed by atoms with Crippen LogP contribution in [0.1, 0.15) is 87.5 Å². The maximum atomic E-state index is 14.3. The van der Waals surface area contributed by atoms with Crippen molar-refractivity contribution in [2.24, 2.45) is 39.7 Å². The van der Waals surface area contributed by atoms with Crippen LogP contribution in [0.3, 0.4) is 0 Å². The normalized spacial score (nSPS) is 26.1. The molecule has 13 heteroatoms. The van der Waals surface area contributed by atoms with Gasteiger partial charge in [0.05, 0.1) is 12.1 Å². The van der Waals surface area contributed by atoms with Crippen LogP contribution in [0.15, 0.2) is 0 Å². The van der Waals surface area contributed by atoms with Crippen molar-refractivity contribution >= 4 is 35.6 Å². The first-order chi connectivity index (χ1) is 21.2. The monoisotopic (exact) mass is 645 g/mol. The van der Waals surface area contributed by atoms with Crippen molar-refractivity contribution in [3.63, 3.8) is 0 Å². The van der Waals surface area contributed by atoms with E-state index in [9.17, 15) is 28.8 Å². The van der Waals surface area contributed by atoms with Gasteiger partial charge >= 0.3 is 12.1 Å². The maximum Gasteiger partial charge on any atom is 0.317 e. The lowest BCUT2D eigenvalue weighted by atomic mass is 9.80. The number of primary amides is 1. The summed E-state index contributed by atoms with van der Waals surface area (Å²) in [6.45, 7) is 17.5. The Balaban J connectivity index is 1.51. The maximum absolute atomic E-state index is 14.3. The summed E-state index contributed by atoms with van der Waals surface area (Å²) in [4.78, 5) is 82.0. The second-order valence-corrected chi connectivity index (χ2v) is 16.6. The average Bonchev–Trinajstić information content (AvgIpc) is 3.24. The highest BCUT2D eigenvalue weighted by molar-refractivity contribution is 6.37. The van der Waals surface area contributed by atoms with Crippen LogP contribution in [-0.2, 0) is 19.2 Å². The van der Waals surface area contributed by atoms with E-state index in [1.54, 1.807) is 9.80 Å². The molecular formula is C33H55N7O6. The molecule has 13 nitrogen and oxygen atoms in total. The molecule has 0 bridgehead atoms. The summed E-state index contributed by atoms with van der Waals surface area (Å²) in [5.41, 5.74) is 4.05. The molecule has 2 saturated heterocycles. The van der Waals surface area contributed by atoms with E-state index < -0.39 is 53.2 Å². The zero-order valence-corrected chi connectivity index (χ0v) is 28.8. The number of fused-ring (bicyclic) bond motifs is 1. The number of amides is 7. The van der Waals surface area contributed by atoms with Crippen molar-refractivity contribution in [1.29, 1.82) is 0 Å².